The third-order valence-electron chi connectivity index (χ3n) is 5.98. The van der Waals surface area contributed by atoms with Crippen molar-refractivity contribution in [3.63, 3.8) is 0 Å². The topological polar surface area (TPSA) is 98.8 Å². The number of carbonyl (C=O) groups is 2. The van der Waals surface area contributed by atoms with Crippen molar-refractivity contribution in [1.29, 1.82) is 0 Å². The van der Waals surface area contributed by atoms with Crippen LogP contribution in [0.4, 0.5) is 0 Å². The van der Waals surface area contributed by atoms with E-state index in [1.807, 2.05) is 6.92 Å². The lowest BCUT2D eigenvalue weighted by Crippen LogP contribution is -2.43. The van der Waals surface area contributed by atoms with Gasteiger partial charge in [0, 0.05) is 18.3 Å². The Morgan fingerprint density at radius 1 is 1.12 bits per heavy atom. The zero-order valence-corrected chi connectivity index (χ0v) is 21.1. The highest BCUT2D eigenvalue weighted by molar-refractivity contribution is 7.89. The number of furan rings is 1. The molecule has 0 saturated carbocycles. The highest BCUT2D eigenvalue weighted by Crippen LogP contribution is 2.28. The molecule has 1 atom stereocenters. The van der Waals surface area contributed by atoms with Gasteiger partial charge in [0.05, 0.1) is 30.4 Å². The van der Waals surface area contributed by atoms with Crippen molar-refractivity contribution in [3.8, 4) is 0 Å². The molecule has 0 saturated heterocycles. The van der Waals surface area contributed by atoms with Crippen LogP contribution in [-0.4, -0.2) is 41.7 Å². The number of hydrogen-bond donors (Lipinski definition) is 0. The van der Waals surface area contributed by atoms with E-state index < -0.39 is 27.8 Å². The smallest absolute Gasteiger partial charge is 0.355 e. The van der Waals surface area contributed by atoms with Gasteiger partial charge in [0.25, 0.3) is 0 Å². The summed E-state index contributed by atoms with van der Waals surface area (Å²) in [5.74, 6) is -0.538. The van der Waals surface area contributed by atoms with E-state index in [-0.39, 0.29) is 23.7 Å². The van der Waals surface area contributed by atoms with Crippen LogP contribution in [0.15, 0.2) is 52.0 Å². The lowest BCUT2D eigenvalue weighted by molar-refractivity contribution is 0.0514. The maximum Gasteiger partial charge on any atom is 0.355 e. The van der Waals surface area contributed by atoms with Crippen molar-refractivity contribution in [2.75, 3.05) is 6.61 Å². The van der Waals surface area contributed by atoms with Crippen molar-refractivity contribution in [2.24, 2.45) is 7.05 Å². The van der Waals surface area contributed by atoms with Gasteiger partial charge in [-0.25, -0.2) is 13.2 Å². The molecular formula is C25H30N2O6S. The van der Waals surface area contributed by atoms with Crippen LogP contribution >= 0.6 is 0 Å². The molecule has 0 radical (unpaired) electrons. The van der Waals surface area contributed by atoms with Crippen molar-refractivity contribution in [1.82, 2.24) is 8.87 Å². The molecule has 0 aliphatic heterocycles. The third-order valence-corrected chi connectivity index (χ3v) is 7.91. The summed E-state index contributed by atoms with van der Waals surface area (Å²) in [6.45, 7) is 8.60. The second-order valence-corrected chi connectivity index (χ2v) is 10.1. The first-order valence-corrected chi connectivity index (χ1v) is 12.4. The molecule has 0 aliphatic carbocycles. The standard InChI is InChI=1S/C25H30N2O6S/c1-7-32-25(29)23-17(3)22(18(4)26(23)6)24(28)19(5)27(15-20-9-8-14-33-20)34(30,31)21-12-10-16(2)11-13-21/h8-14,19H,7,15H2,1-6H3. The average molecular weight is 487 g/mol. The Labute approximate surface area is 200 Å². The van der Waals surface area contributed by atoms with E-state index in [1.165, 1.54) is 18.4 Å². The molecule has 34 heavy (non-hydrogen) atoms. The fourth-order valence-electron chi connectivity index (χ4n) is 4.00. The highest BCUT2D eigenvalue weighted by atomic mass is 32.2. The molecular weight excluding hydrogens is 456 g/mol. The first kappa shape index (κ1) is 25.5. The molecule has 9 heteroatoms. The predicted molar refractivity (Wildman–Crippen MR) is 127 cm³/mol. The van der Waals surface area contributed by atoms with E-state index in [0.717, 1.165) is 9.87 Å². The van der Waals surface area contributed by atoms with E-state index in [2.05, 4.69) is 0 Å². The Bertz CT molecular complexity index is 1290. The molecule has 1 aromatic carbocycles. The molecule has 0 amide bonds. The van der Waals surface area contributed by atoms with Gasteiger partial charge in [-0.1, -0.05) is 17.7 Å². The summed E-state index contributed by atoms with van der Waals surface area (Å²) in [6.07, 6.45) is 1.45. The highest BCUT2D eigenvalue weighted by Gasteiger charge is 2.37. The van der Waals surface area contributed by atoms with Gasteiger partial charge < -0.3 is 13.7 Å². The second kappa shape index (κ2) is 9.99. The SMILES string of the molecule is CCOC(=O)c1c(C)c(C(=O)C(C)N(Cc2ccco2)S(=O)(=O)c2ccc(C)cc2)c(C)n1C. The van der Waals surface area contributed by atoms with Crippen molar-refractivity contribution in [3.05, 3.63) is 76.5 Å². The number of ether oxygens (including phenoxy) is 1. The Balaban J connectivity index is 2.08. The second-order valence-electron chi connectivity index (χ2n) is 8.20. The van der Waals surface area contributed by atoms with Crippen LogP contribution in [0, 0.1) is 20.8 Å². The lowest BCUT2D eigenvalue weighted by atomic mass is 10.0. The summed E-state index contributed by atoms with van der Waals surface area (Å²) >= 11 is 0. The van der Waals surface area contributed by atoms with Crippen LogP contribution < -0.4 is 0 Å². The molecule has 0 fully saturated rings. The summed E-state index contributed by atoms with van der Waals surface area (Å²) < 4.78 is 40.6. The zero-order valence-electron chi connectivity index (χ0n) is 20.3. The summed E-state index contributed by atoms with van der Waals surface area (Å²) in [6, 6.07) is 8.72. The number of carbonyl (C=O) groups excluding carboxylic acids is 2. The van der Waals surface area contributed by atoms with Crippen LogP contribution in [0.25, 0.3) is 0 Å². The van der Waals surface area contributed by atoms with Crippen molar-refractivity contribution >= 4 is 21.8 Å². The van der Waals surface area contributed by atoms with Gasteiger partial charge in [0.2, 0.25) is 10.0 Å². The number of hydrogen-bond acceptors (Lipinski definition) is 6. The predicted octanol–water partition coefficient (Wildman–Crippen LogP) is 4.18. The first-order valence-electron chi connectivity index (χ1n) is 11.0. The molecule has 182 valence electrons. The molecule has 2 aromatic heterocycles. The molecule has 0 bridgehead atoms. The van der Waals surface area contributed by atoms with E-state index in [9.17, 15) is 18.0 Å². The van der Waals surface area contributed by atoms with Crippen LogP contribution in [0.5, 0.6) is 0 Å². The Kier molecular flexibility index (Phi) is 7.48. The maximum absolute atomic E-state index is 13.7. The Morgan fingerprint density at radius 2 is 1.76 bits per heavy atom. The van der Waals surface area contributed by atoms with E-state index in [1.54, 1.807) is 63.6 Å². The minimum Gasteiger partial charge on any atom is -0.468 e. The van der Waals surface area contributed by atoms with Gasteiger partial charge >= 0.3 is 5.97 Å². The van der Waals surface area contributed by atoms with Gasteiger partial charge in [0.15, 0.2) is 5.78 Å². The molecule has 8 nitrogen and oxygen atoms in total. The molecule has 0 spiro atoms. The summed E-state index contributed by atoms with van der Waals surface area (Å²) in [4.78, 5) is 26.3. The quantitative estimate of drug-likeness (QED) is 0.332. The van der Waals surface area contributed by atoms with Crippen LogP contribution in [0.2, 0.25) is 0 Å². The molecule has 3 rings (SSSR count). The monoisotopic (exact) mass is 486 g/mol. The Morgan fingerprint density at radius 3 is 2.32 bits per heavy atom. The molecule has 3 aromatic rings. The average Bonchev–Trinajstić information content (AvgIpc) is 3.38. The minimum absolute atomic E-state index is 0.0815. The van der Waals surface area contributed by atoms with E-state index >= 15 is 0 Å². The number of benzene rings is 1. The van der Waals surface area contributed by atoms with Gasteiger partial charge in [-0.3, -0.25) is 4.79 Å². The van der Waals surface area contributed by atoms with Crippen LogP contribution in [0.3, 0.4) is 0 Å². The number of nitrogens with zero attached hydrogens (tertiary/aromatic N) is 2. The normalized spacial score (nSPS) is 12.7. The summed E-state index contributed by atoms with van der Waals surface area (Å²) in [5.41, 5.74) is 2.52. The maximum atomic E-state index is 13.7. The number of aromatic nitrogens is 1. The number of sulfonamides is 1. The number of esters is 1. The van der Waals surface area contributed by atoms with Gasteiger partial charge in [0.1, 0.15) is 11.5 Å². The van der Waals surface area contributed by atoms with Crippen molar-refractivity contribution in [2.45, 2.75) is 52.1 Å². The summed E-state index contributed by atoms with van der Waals surface area (Å²) in [7, 11) is -2.37. The minimum atomic E-state index is -4.05. The number of rotatable bonds is 9. The van der Waals surface area contributed by atoms with Gasteiger partial charge in [-0.15, -0.1) is 0 Å². The Hall–Kier alpha value is -3.17. The third kappa shape index (κ3) is 4.71. The van der Waals surface area contributed by atoms with Gasteiger partial charge in [-0.2, -0.15) is 4.31 Å². The van der Waals surface area contributed by atoms with Crippen LogP contribution in [0.1, 0.15) is 57.3 Å². The van der Waals surface area contributed by atoms with E-state index in [0.29, 0.717) is 22.6 Å². The zero-order chi connectivity index (χ0) is 25.2. The largest absolute Gasteiger partial charge is 0.468 e. The molecule has 2 heterocycles. The fourth-order valence-corrected chi connectivity index (χ4v) is 5.56. The van der Waals surface area contributed by atoms with Crippen molar-refractivity contribution < 1.29 is 27.2 Å². The number of Topliss-reactive ketones (excluding diaryl/α,β-unsaturated/α-hetero) is 1. The van der Waals surface area contributed by atoms with Gasteiger partial charge in [-0.05, 0) is 64.4 Å². The molecule has 0 aliphatic rings. The van der Waals surface area contributed by atoms with Crippen LogP contribution in [-0.2, 0) is 28.4 Å². The first-order chi connectivity index (χ1) is 16.0. The lowest BCUT2D eigenvalue weighted by Gasteiger charge is -2.27. The number of ketones is 1. The molecule has 1 unspecified atom stereocenters. The summed E-state index contributed by atoms with van der Waals surface area (Å²) in [5, 5.41) is 0. The molecule has 0 N–H and O–H groups in total. The van der Waals surface area contributed by atoms with E-state index in [4.69, 9.17) is 9.15 Å². The fraction of sp³-hybridized carbons (Fsp3) is 0.360. The number of aryl methyl sites for hydroxylation is 1.